The highest BCUT2D eigenvalue weighted by Crippen LogP contribution is 2.46. The Bertz CT molecular complexity index is 414. The minimum Gasteiger partial charge on any atom is -0.493 e. The van der Waals surface area contributed by atoms with Crippen molar-refractivity contribution in [1.82, 2.24) is 0 Å². The average molecular weight is 270 g/mol. The number of ether oxygens (including phenoxy) is 2. The molecule has 0 spiro atoms. The smallest absolute Gasteiger partial charge is 0.308 e. The Morgan fingerprint density at radius 2 is 2.00 bits per heavy atom. The van der Waals surface area contributed by atoms with E-state index in [1.807, 2.05) is 35.7 Å². The second-order valence-electron chi connectivity index (χ2n) is 3.58. The predicted molar refractivity (Wildman–Crippen MR) is 72.0 cm³/mol. The fourth-order valence-electron chi connectivity index (χ4n) is 1.62. The molecule has 2 rings (SSSR count). The number of methoxy groups -OCH3 is 1. The minimum atomic E-state index is -0.333. The topological polar surface area (TPSA) is 35.5 Å². The summed E-state index contributed by atoms with van der Waals surface area (Å²) in [4.78, 5) is 10.9. The Kier molecular flexibility index (Phi) is 4.23. The van der Waals surface area contributed by atoms with Gasteiger partial charge in [-0.3, -0.25) is 4.79 Å². The fourth-order valence-corrected chi connectivity index (χ4v) is 4.46. The van der Waals surface area contributed by atoms with Crippen LogP contribution >= 0.6 is 23.5 Å². The first-order valence-electron chi connectivity index (χ1n) is 5.30. The summed E-state index contributed by atoms with van der Waals surface area (Å²) in [6, 6.07) is 5.75. The van der Waals surface area contributed by atoms with Crippen molar-refractivity contribution in [3.05, 3.63) is 23.8 Å². The van der Waals surface area contributed by atoms with Crippen LogP contribution in [-0.4, -0.2) is 24.6 Å². The first kappa shape index (κ1) is 12.6. The van der Waals surface area contributed by atoms with Gasteiger partial charge >= 0.3 is 5.97 Å². The van der Waals surface area contributed by atoms with Crippen LogP contribution in [0.2, 0.25) is 0 Å². The van der Waals surface area contributed by atoms with Crippen LogP contribution in [0.5, 0.6) is 11.5 Å². The lowest BCUT2D eigenvalue weighted by Crippen LogP contribution is -2.03. The highest BCUT2D eigenvalue weighted by molar-refractivity contribution is 8.19. The van der Waals surface area contributed by atoms with Crippen LogP contribution in [0.15, 0.2) is 18.2 Å². The van der Waals surface area contributed by atoms with Crippen molar-refractivity contribution in [2.45, 2.75) is 11.5 Å². The molecule has 0 N–H and O–H groups in total. The van der Waals surface area contributed by atoms with Gasteiger partial charge in [0.15, 0.2) is 11.5 Å². The summed E-state index contributed by atoms with van der Waals surface area (Å²) in [7, 11) is 1.58. The molecule has 1 fully saturated rings. The zero-order chi connectivity index (χ0) is 12.3. The third kappa shape index (κ3) is 3.10. The maximum atomic E-state index is 10.9. The molecule has 1 saturated heterocycles. The Labute approximate surface area is 109 Å². The lowest BCUT2D eigenvalue weighted by Gasteiger charge is -2.12. The second kappa shape index (κ2) is 5.69. The lowest BCUT2D eigenvalue weighted by atomic mass is 10.2. The summed E-state index contributed by atoms with van der Waals surface area (Å²) in [5, 5.41) is 0. The van der Waals surface area contributed by atoms with E-state index in [9.17, 15) is 4.79 Å². The molecule has 1 aliphatic heterocycles. The van der Waals surface area contributed by atoms with E-state index in [4.69, 9.17) is 9.47 Å². The summed E-state index contributed by atoms with van der Waals surface area (Å²) in [5.74, 6) is 3.13. The van der Waals surface area contributed by atoms with Crippen molar-refractivity contribution in [3.8, 4) is 11.5 Å². The van der Waals surface area contributed by atoms with E-state index in [0.29, 0.717) is 16.1 Å². The van der Waals surface area contributed by atoms with E-state index >= 15 is 0 Å². The summed E-state index contributed by atoms with van der Waals surface area (Å²) >= 11 is 3.87. The maximum Gasteiger partial charge on any atom is 0.308 e. The van der Waals surface area contributed by atoms with E-state index in [-0.39, 0.29) is 5.97 Å². The van der Waals surface area contributed by atoms with Gasteiger partial charge in [0.2, 0.25) is 0 Å². The number of benzene rings is 1. The van der Waals surface area contributed by atoms with Gasteiger partial charge in [-0.15, -0.1) is 23.5 Å². The number of esters is 1. The van der Waals surface area contributed by atoms with E-state index in [0.717, 1.165) is 0 Å². The molecule has 17 heavy (non-hydrogen) atoms. The zero-order valence-corrected chi connectivity index (χ0v) is 11.4. The summed E-state index contributed by atoms with van der Waals surface area (Å²) in [6.07, 6.45) is 0. The zero-order valence-electron chi connectivity index (χ0n) is 9.76. The molecule has 0 aliphatic carbocycles. The van der Waals surface area contributed by atoms with Crippen LogP contribution in [0.4, 0.5) is 0 Å². The molecular weight excluding hydrogens is 256 g/mol. The number of hydrogen-bond acceptors (Lipinski definition) is 5. The van der Waals surface area contributed by atoms with Crippen molar-refractivity contribution in [3.63, 3.8) is 0 Å². The first-order chi connectivity index (χ1) is 8.20. The molecule has 0 atom stereocenters. The van der Waals surface area contributed by atoms with Gasteiger partial charge in [0.05, 0.1) is 11.7 Å². The molecule has 3 nitrogen and oxygen atoms in total. The van der Waals surface area contributed by atoms with E-state index in [1.54, 1.807) is 13.2 Å². The molecular formula is C12H14O3S2. The number of carbonyl (C=O) groups is 1. The predicted octanol–water partition coefficient (Wildman–Crippen LogP) is 3.10. The van der Waals surface area contributed by atoms with E-state index in [2.05, 4.69) is 0 Å². The fraction of sp³-hybridized carbons (Fsp3) is 0.417. The Morgan fingerprint density at radius 3 is 2.59 bits per heavy atom. The van der Waals surface area contributed by atoms with Crippen molar-refractivity contribution in [1.29, 1.82) is 0 Å². The molecule has 92 valence electrons. The molecule has 0 bridgehead atoms. The van der Waals surface area contributed by atoms with Crippen LogP contribution in [0.1, 0.15) is 17.1 Å². The van der Waals surface area contributed by atoms with Crippen molar-refractivity contribution >= 4 is 29.5 Å². The molecule has 5 heteroatoms. The SMILES string of the molecule is COc1cc(C2SCCS2)ccc1OC(C)=O. The second-order valence-corrected chi connectivity index (χ2v) is 6.30. The van der Waals surface area contributed by atoms with Gasteiger partial charge in [-0.2, -0.15) is 0 Å². The van der Waals surface area contributed by atoms with Crippen LogP contribution in [0.25, 0.3) is 0 Å². The van der Waals surface area contributed by atoms with Gasteiger partial charge in [0, 0.05) is 18.4 Å². The lowest BCUT2D eigenvalue weighted by molar-refractivity contribution is -0.132. The third-order valence-electron chi connectivity index (χ3n) is 2.34. The van der Waals surface area contributed by atoms with Gasteiger partial charge in [-0.25, -0.2) is 0 Å². The summed E-state index contributed by atoms with van der Waals surface area (Å²) in [5.41, 5.74) is 1.21. The molecule has 1 aliphatic rings. The quantitative estimate of drug-likeness (QED) is 0.623. The number of carbonyl (C=O) groups excluding carboxylic acids is 1. The Morgan fingerprint density at radius 1 is 1.29 bits per heavy atom. The third-order valence-corrected chi connectivity index (χ3v) is 5.44. The number of rotatable bonds is 3. The molecule has 1 heterocycles. The van der Waals surface area contributed by atoms with E-state index < -0.39 is 0 Å². The Hall–Kier alpha value is -0.810. The summed E-state index contributed by atoms with van der Waals surface area (Å²) < 4.78 is 10.8. The number of hydrogen-bond donors (Lipinski definition) is 0. The van der Waals surface area contributed by atoms with Gasteiger partial charge in [0.25, 0.3) is 0 Å². The van der Waals surface area contributed by atoms with Crippen LogP contribution < -0.4 is 9.47 Å². The van der Waals surface area contributed by atoms with Crippen molar-refractivity contribution < 1.29 is 14.3 Å². The normalized spacial score (nSPS) is 15.9. The van der Waals surface area contributed by atoms with Crippen LogP contribution in [0.3, 0.4) is 0 Å². The van der Waals surface area contributed by atoms with Gasteiger partial charge in [-0.05, 0) is 17.7 Å². The molecule has 0 radical (unpaired) electrons. The van der Waals surface area contributed by atoms with Crippen LogP contribution in [0, 0.1) is 0 Å². The number of thioether (sulfide) groups is 2. The highest BCUT2D eigenvalue weighted by Gasteiger charge is 2.20. The van der Waals surface area contributed by atoms with Gasteiger partial charge < -0.3 is 9.47 Å². The summed E-state index contributed by atoms with van der Waals surface area (Å²) in [6.45, 7) is 1.38. The molecule has 0 amide bonds. The largest absolute Gasteiger partial charge is 0.493 e. The molecule has 0 saturated carbocycles. The highest BCUT2D eigenvalue weighted by atomic mass is 32.2. The molecule has 0 aromatic heterocycles. The van der Waals surface area contributed by atoms with Crippen molar-refractivity contribution in [2.24, 2.45) is 0 Å². The standard InChI is InChI=1S/C12H14O3S2/c1-8(13)15-10-4-3-9(7-11(10)14-2)12-16-5-6-17-12/h3-4,7,12H,5-6H2,1-2H3. The van der Waals surface area contributed by atoms with Crippen molar-refractivity contribution in [2.75, 3.05) is 18.6 Å². The first-order valence-corrected chi connectivity index (χ1v) is 7.40. The van der Waals surface area contributed by atoms with Crippen LogP contribution in [-0.2, 0) is 4.79 Å². The van der Waals surface area contributed by atoms with E-state index in [1.165, 1.54) is 24.0 Å². The minimum absolute atomic E-state index is 0.333. The maximum absolute atomic E-state index is 10.9. The average Bonchev–Trinajstić information content (AvgIpc) is 2.82. The van der Waals surface area contributed by atoms with Gasteiger partial charge in [-0.1, -0.05) is 6.07 Å². The Balaban J connectivity index is 2.23. The monoisotopic (exact) mass is 270 g/mol. The molecule has 1 aromatic rings. The molecule has 1 aromatic carbocycles. The molecule has 0 unspecified atom stereocenters. The van der Waals surface area contributed by atoms with Gasteiger partial charge in [0.1, 0.15) is 0 Å².